The van der Waals surface area contributed by atoms with Crippen molar-refractivity contribution in [3.63, 3.8) is 0 Å². The number of rotatable bonds is 3. The Labute approximate surface area is 121 Å². The third kappa shape index (κ3) is 2.61. The summed E-state index contributed by atoms with van der Waals surface area (Å²) in [7, 11) is 0. The van der Waals surface area contributed by atoms with Crippen LogP contribution in [-0.4, -0.2) is 33.2 Å². The summed E-state index contributed by atoms with van der Waals surface area (Å²) in [5, 5.41) is 19.7. The number of fused-ring (bicyclic) bond motifs is 1. The van der Waals surface area contributed by atoms with Gasteiger partial charge in [0.15, 0.2) is 0 Å². The number of carbonyl (C=O) groups excluding carboxylic acids is 1. The van der Waals surface area contributed by atoms with E-state index in [-0.39, 0.29) is 17.9 Å². The lowest BCUT2D eigenvalue weighted by atomic mass is 10.1. The first kappa shape index (κ1) is 13.6. The second kappa shape index (κ2) is 5.20. The van der Waals surface area contributed by atoms with Crippen molar-refractivity contribution >= 4 is 22.8 Å². The molecule has 1 aliphatic carbocycles. The minimum Gasteiger partial charge on any atom is -0.481 e. The van der Waals surface area contributed by atoms with Crippen LogP contribution in [0, 0.1) is 12.8 Å². The van der Waals surface area contributed by atoms with Crippen LogP contribution in [-0.2, 0) is 4.79 Å². The first-order chi connectivity index (χ1) is 10.0. The number of nitrogens with zero attached hydrogens (tertiary/aromatic N) is 1. The molecule has 1 amide bonds. The van der Waals surface area contributed by atoms with Gasteiger partial charge in [0.2, 0.25) is 0 Å². The fraction of sp³-hybridized carbons (Fsp3) is 0.400. The summed E-state index contributed by atoms with van der Waals surface area (Å²) in [6, 6.07) is 3.71. The maximum Gasteiger partial charge on any atom is 0.306 e. The Morgan fingerprint density at radius 3 is 2.90 bits per heavy atom. The van der Waals surface area contributed by atoms with Gasteiger partial charge in [-0.15, -0.1) is 0 Å². The topological polar surface area (TPSA) is 95.1 Å². The Morgan fingerprint density at radius 2 is 2.19 bits per heavy atom. The molecule has 2 atom stereocenters. The molecule has 3 rings (SSSR count). The molecule has 1 saturated carbocycles. The number of aliphatic carboxylic acids is 1. The molecular formula is C15H17N3O3. The minimum atomic E-state index is -0.779. The highest BCUT2D eigenvalue weighted by atomic mass is 16.4. The number of carboxylic acid groups (broad SMARTS) is 1. The van der Waals surface area contributed by atoms with Gasteiger partial charge in [0.05, 0.1) is 23.2 Å². The van der Waals surface area contributed by atoms with Crippen molar-refractivity contribution in [3.8, 4) is 0 Å². The second-order valence-corrected chi connectivity index (χ2v) is 5.67. The van der Waals surface area contributed by atoms with Crippen LogP contribution in [0.4, 0.5) is 0 Å². The van der Waals surface area contributed by atoms with E-state index in [4.69, 9.17) is 5.11 Å². The highest BCUT2D eigenvalue weighted by Crippen LogP contribution is 2.26. The Hall–Kier alpha value is -2.37. The monoisotopic (exact) mass is 287 g/mol. The van der Waals surface area contributed by atoms with Crippen LogP contribution in [0.15, 0.2) is 18.3 Å². The molecule has 6 nitrogen and oxygen atoms in total. The van der Waals surface area contributed by atoms with Gasteiger partial charge in [0.1, 0.15) is 0 Å². The molecule has 1 heterocycles. The minimum absolute atomic E-state index is 0.0721. The molecule has 110 valence electrons. The summed E-state index contributed by atoms with van der Waals surface area (Å²) < 4.78 is 0. The highest BCUT2D eigenvalue weighted by Gasteiger charge is 2.31. The van der Waals surface area contributed by atoms with Crippen LogP contribution in [0.3, 0.4) is 0 Å². The molecule has 1 aromatic carbocycles. The molecule has 0 bridgehead atoms. The predicted octanol–water partition coefficient (Wildman–Crippen LogP) is 1.85. The van der Waals surface area contributed by atoms with Crippen molar-refractivity contribution in [3.05, 3.63) is 29.5 Å². The number of aromatic nitrogens is 2. The molecule has 0 saturated heterocycles. The van der Waals surface area contributed by atoms with Gasteiger partial charge >= 0.3 is 5.97 Å². The van der Waals surface area contributed by atoms with Crippen LogP contribution in [0.25, 0.3) is 10.9 Å². The normalized spacial score (nSPS) is 21.6. The van der Waals surface area contributed by atoms with Crippen LogP contribution in [0.2, 0.25) is 0 Å². The number of aryl methyl sites for hydroxylation is 1. The number of H-pyrrole nitrogens is 1. The molecule has 3 N–H and O–H groups in total. The molecule has 0 aliphatic heterocycles. The lowest BCUT2D eigenvalue weighted by Crippen LogP contribution is -2.33. The van der Waals surface area contributed by atoms with E-state index >= 15 is 0 Å². The number of benzene rings is 1. The quantitative estimate of drug-likeness (QED) is 0.803. The largest absolute Gasteiger partial charge is 0.481 e. The zero-order chi connectivity index (χ0) is 15.0. The van der Waals surface area contributed by atoms with E-state index in [0.717, 1.165) is 10.9 Å². The number of hydrogen-bond acceptors (Lipinski definition) is 3. The van der Waals surface area contributed by atoms with E-state index in [0.29, 0.717) is 30.3 Å². The first-order valence-corrected chi connectivity index (χ1v) is 7.02. The summed E-state index contributed by atoms with van der Waals surface area (Å²) in [5.41, 5.74) is 2.26. The van der Waals surface area contributed by atoms with Crippen molar-refractivity contribution in [1.29, 1.82) is 0 Å². The van der Waals surface area contributed by atoms with Gasteiger partial charge in [-0.2, -0.15) is 5.10 Å². The lowest BCUT2D eigenvalue weighted by Gasteiger charge is -2.13. The number of hydrogen-bond donors (Lipinski definition) is 3. The number of amides is 1. The predicted molar refractivity (Wildman–Crippen MR) is 77.1 cm³/mol. The third-order valence-corrected chi connectivity index (χ3v) is 4.05. The van der Waals surface area contributed by atoms with E-state index in [1.807, 2.05) is 19.1 Å². The van der Waals surface area contributed by atoms with Crippen LogP contribution in [0.5, 0.6) is 0 Å². The fourth-order valence-electron chi connectivity index (χ4n) is 2.99. The molecule has 1 aliphatic rings. The molecule has 0 radical (unpaired) electrons. The van der Waals surface area contributed by atoms with Crippen LogP contribution in [0.1, 0.15) is 35.2 Å². The summed E-state index contributed by atoms with van der Waals surface area (Å²) in [6.45, 7) is 1.93. The zero-order valence-corrected chi connectivity index (χ0v) is 11.7. The Kier molecular flexibility index (Phi) is 3.37. The van der Waals surface area contributed by atoms with Gasteiger partial charge < -0.3 is 10.4 Å². The smallest absolute Gasteiger partial charge is 0.306 e. The van der Waals surface area contributed by atoms with Gasteiger partial charge in [-0.1, -0.05) is 0 Å². The molecule has 21 heavy (non-hydrogen) atoms. The van der Waals surface area contributed by atoms with Gasteiger partial charge in [-0.3, -0.25) is 14.7 Å². The van der Waals surface area contributed by atoms with Gasteiger partial charge in [0, 0.05) is 11.4 Å². The van der Waals surface area contributed by atoms with Gasteiger partial charge in [0.25, 0.3) is 5.91 Å². The molecule has 6 heteroatoms. The van der Waals surface area contributed by atoms with E-state index < -0.39 is 5.97 Å². The summed E-state index contributed by atoms with van der Waals surface area (Å²) in [4.78, 5) is 23.4. The van der Waals surface area contributed by atoms with Crippen molar-refractivity contribution in [2.45, 2.75) is 32.2 Å². The van der Waals surface area contributed by atoms with Crippen molar-refractivity contribution < 1.29 is 14.7 Å². The average molecular weight is 287 g/mol. The Balaban J connectivity index is 1.79. The summed E-state index contributed by atoms with van der Waals surface area (Å²) in [6.07, 6.45) is 3.52. The summed E-state index contributed by atoms with van der Waals surface area (Å²) in [5.74, 6) is -1.30. The number of carbonyl (C=O) groups is 2. The highest BCUT2D eigenvalue weighted by molar-refractivity contribution is 6.05. The van der Waals surface area contributed by atoms with E-state index in [1.165, 1.54) is 0 Å². The number of carboxylic acids is 1. The van der Waals surface area contributed by atoms with Crippen molar-refractivity contribution in [2.24, 2.45) is 5.92 Å². The van der Waals surface area contributed by atoms with Gasteiger partial charge in [-0.25, -0.2) is 0 Å². The molecule has 1 fully saturated rings. The average Bonchev–Trinajstić information content (AvgIpc) is 3.06. The van der Waals surface area contributed by atoms with E-state index in [1.54, 1.807) is 6.20 Å². The van der Waals surface area contributed by atoms with Crippen LogP contribution >= 0.6 is 0 Å². The van der Waals surface area contributed by atoms with Crippen LogP contribution < -0.4 is 5.32 Å². The molecule has 0 spiro atoms. The van der Waals surface area contributed by atoms with E-state index in [2.05, 4.69) is 15.5 Å². The van der Waals surface area contributed by atoms with Crippen molar-refractivity contribution in [2.75, 3.05) is 0 Å². The lowest BCUT2D eigenvalue weighted by molar-refractivity contribution is -0.141. The fourth-order valence-corrected chi connectivity index (χ4v) is 2.99. The Morgan fingerprint density at radius 1 is 1.38 bits per heavy atom. The molecule has 1 aromatic heterocycles. The molecule has 2 aromatic rings. The summed E-state index contributed by atoms with van der Waals surface area (Å²) >= 11 is 0. The second-order valence-electron chi connectivity index (χ2n) is 5.67. The zero-order valence-electron chi connectivity index (χ0n) is 11.7. The van der Waals surface area contributed by atoms with Gasteiger partial charge in [-0.05, 0) is 43.9 Å². The number of nitrogens with one attached hydrogen (secondary N) is 2. The Bertz CT molecular complexity index is 707. The van der Waals surface area contributed by atoms with E-state index in [9.17, 15) is 9.59 Å². The third-order valence-electron chi connectivity index (χ3n) is 4.05. The molecular weight excluding hydrogens is 270 g/mol. The maximum absolute atomic E-state index is 12.4. The molecule has 0 unspecified atom stereocenters. The first-order valence-electron chi connectivity index (χ1n) is 7.02. The number of aromatic amines is 1. The maximum atomic E-state index is 12.4. The standard InChI is InChI=1S/C15H17N3O3/c1-8-4-10-7-16-18-13(10)12(5-8)14(19)17-11-3-2-9(6-11)15(20)21/h4-5,7,9,11H,2-3,6H2,1H3,(H,16,18)(H,17,19)(H,20,21)/t9-,11+/m0/s1. The SMILES string of the molecule is Cc1cc(C(=O)N[C@@H]2CC[C@H](C(=O)O)C2)c2[nH]ncc2c1. The van der Waals surface area contributed by atoms with Crippen molar-refractivity contribution in [1.82, 2.24) is 15.5 Å².